The Balaban J connectivity index is 1.87. The quantitative estimate of drug-likeness (QED) is 0.0858. The second-order valence-corrected chi connectivity index (χ2v) is 12.8. The van der Waals surface area contributed by atoms with E-state index in [-0.39, 0.29) is 31.4 Å². The molecular formula is C31H48N8O5S. The van der Waals surface area contributed by atoms with E-state index in [0.717, 1.165) is 37.7 Å². The van der Waals surface area contributed by atoms with Gasteiger partial charge in [-0.15, -0.1) is 0 Å². The van der Waals surface area contributed by atoms with Gasteiger partial charge in [0, 0.05) is 20.0 Å². The SMILES string of the molecule is CSCC[C@H](NC(=O)[C@@H]1c2ccccc2CN1C(=O)[C@H](CCCN=C(N)N)NC(=O)[C@H](CC1CCCCC1)NC(C)=O)C(N)=O. The Kier molecular flexibility index (Phi) is 14.0. The number of rotatable bonds is 16. The first kappa shape index (κ1) is 35.7. The average Bonchev–Trinajstić information content (AvgIpc) is 3.39. The van der Waals surface area contributed by atoms with Gasteiger partial charge in [-0.3, -0.25) is 29.0 Å². The molecule has 1 aliphatic carbocycles. The number of nitrogens with zero attached hydrogens (tertiary/aromatic N) is 2. The van der Waals surface area contributed by atoms with Crippen LogP contribution in [0.15, 0.2) is 29.3 Å². The Hall–Kier alpha value is -3.81. The van der Waals surface area contributed by atoms with E-state index in [1.165, 1.54) is 23.6 Å². The number of aliphatic imine (C=N–C) groups is 1. The summed E-state index contributed by atoms with van der Waals surface area (Å²) in [6.45, 7) is 1.73. The fourth-order valence-corrected chi connectivity index (χ4v) is 6.59. The average molecular weight is 645 g/mol. The van der Waals surface area contributed by atoms with Crippen LogP contribution in [-0.2, 0) is 30.5 Å². The molecule has 248 valence electrons. The van der Waals surface area contributed by atoms with Crippen molar-refractivity contribution in [3.8, 4) is 0 Å². The number of fused-ring (bicyclic) bond motifs is 1. The molecule has 0 spiro atoms. The second kappa shape index (κ2) is 17.6. The van der Waals surface area contributed by atoms with Crippen molar-refractivity contribution in [1.29, 1.82) is 0 Å². The van der Waals surface area contributed by atoms with Crippen molar-refractivity contribution in [3.63, 3.8) is 0 Å². The number of carbonyl (C=O) groups is 5. The molecule has 1 saturated carbocycles. The van der Waals surface area contributed by atoms with Gasteiger partial charge in [0.1, 0.15) is 24.2 Å². The Morgan fingerprint density at radius 2 is 1.67 bits per heavy atom. The van der Waals surface area contributed by atoms with Gasteiger partial charge in [-0.2, -0.15) is 11.8 Å². The van der Waals surface area contributed by atoms with Crippen molar-refractivity contribution < 1.29 is 24.0 Å². The van der Waals surface area contributed by atoms with Gasteiger partial charge in [-0.25, -0.2) is 0 Å². The van der Waals surface area contributed by atoms with Crippen LogP contribution in [0.25, 0.3) is 0 Å². The normalized spacial score (nSPS) is 18.2. The van der Waals surface area contributed by atoms with Crippen LogP contribution in [0.3, 0.4) is 0 Å². The molecule has 2 aliphatic rings. The first-order valence-electron chi connectivity index (χ1n) is 15.6. The molecule has 14 heteroatoms. The number of guanidine groups is 1. The third kappa shape index (κ3) is 10.6. The van der Waals surface area contributed by atoms with Crippen LogP contribution in [0.5, 0.6) is 0 Å². The van der Waals surface area contributed by atoms with Crippen LogP contribution in [0.1, 0.15) is 81.9 Å². The van der Waals surface area contributed by atoms with Gasteiger partial charge < -0.3 is 38.1 Å². The standard InChI is InChI=1S/C31H48N8O5S/c1-19(40)36-25(17-20-9-4-3-5-10-20)28(42)38-24(13-8-15-35-31(33)34)30(44)39-18-21-11-6-7-12-22(21)26(39)29(43)37-23(27(32)41)14-16-45-2/h6-7,11-12,20,23-26H,3-5,8-10,13-18H2,1-2H3,(H2,32,41)(H,36,40)(H,37,43)(H,38,42)(H4,33,34,35)/t23-,24-,25-,26-/m0/s1. The summed E-state index contributed by atoms with van der Waals surface area (Å²) in [6, 6.07) is 3.46. The molecule has 1 heterocycles. The van der Waals surface area contributed by atoms with Gasteiger partial charge in [-0.1, -0.05) is 56.4 Å². The Labute approximate surface area is 269 Å². The highest BCUT2D eigenvalue weighted by Gasteiger charge is 2.42. The highest BCUT2D eigenvalue weighted by Crippen LogP contribution is 2.35. The first-order valence-corrected chi connectivity index (χ1v) is 17.0. The molecule has 4 atom stereocenters. The summed E-state index contributed by atoms with van der Waals surface area (Å²) in [7, 11) is 0. The van der Waals surface area contributed by atoms with E-state index in [1.807, 2.05) is 18.4 Å². The minimum Gasteiger partial charge on any atom is -0.370 e. The van der Waals surface area contributed by atoms with Gasteiger partial charge >= 0.3 is 0 Å². The van der Waals surface area contributed by atoms with Crippen molar-refractivity contribution in [2.75, 3.05) is 18.6 Å². The molecule has 1 fully saturated rings. The third-order valence-corrected chi connectivity index (χ3v) is 9.00. The van der Waals surface area contributed by atoms with Crippen molar-refractivity contribution >= 4 is 47.3 Å². The lowest BCUT2D eigenvalue weighted by Gasteiger charge is -2.31. The minimum atomic E-state index is -1.03. The van der Waals surface area contributed by atoms with E-state index >= 15 is 0 Å². The molecule has 5 amide bonds. The molecule has 0 unspecified atom stereocenters. The summed E-state index contributed by atoms with van der Waals surface area (Å²) >= 11 is 1.52. The number of amides is 5. The zero-order valence-corrected chi connectivity index (χ0v) is 27.1. The molecule has 13 nitrogen and oxygen atoms in total. The van der Waals surface area contributed by atoms with Crippen molar-refractivity contribution in [3.05, 3.63) is 35.4 Å². The van der Waals surface area contributed by atoms with Crippen LogP contribution in [-0.4, -0.2) is 77.1 Å². The number of hydrogen-bond donors (Lipinski definition) is 6. The molecule has 1 aromatic rings. The number of nitrogens with one attached hydrogen (secondary N) is 3. The van der Waals surface area contributed by atoms with Gasteiger partial charge in [-0.05, 0) is 54.7 Å². The van der Waals surface area contributed by atoms with Crippen molar-refractivity contribution in [2.45, 2.75) is 95.4 Å². The molecule has 0 bridgehead atoms. The third-order valence-electron chi connectivity index (χ3n) is 8.35. The fraction of sp³-hybridized carbons (Fsp3) is 0.613. The monoisotopic (exact) mass is 644 g/mol. The lowest BCUT2D eigenvalue weighted by Crippen LogP contribution is -2.56. The predicted molar refractivity (Wildman–Crippen MR) is 174 cm³/mol. The largest absolute Gasteiger partial charge is 0.370 e. The van der Waals surface area contributed by atoms with E-state index in [9.17, 15) is 24.0 Å². The number of thioether (sulfide) groups is 1. The number of primary amides is 1. The molecular weight excluding hydrogens is 596 g/mol. The highest BCUT2D eigenvalue weighted by molar-refractivity contribution is 7.98. The molecule has 9 N–H and O–H groups in total. The summed E-state index contributed by atoms with van der Waals surface area (Å²) in [4.78, 5) is 71.3. The van der Waals surface area contributed by atoms with Gasteiger partial charge in [0.25, 0.3) is 0 Å². The maximum atomic E-state index is 14.3. The summed E-state index contributed by atoms with van der Waals surface area (Å²) in [6.07, 6.45) is 8.56. The number of hydrogen-bond acceptors (Lipinski definition) is 7. The van der Waals surface area contributed by atoms with Crippen LogP contribution in [0.4, 0.5) is 0 Å². The summed E-state index contributed by atoms with van der Waals surface area (Å²) < 4.78 is 0. The summed E-state index contributed by atoms with van der Waals surface area (Å²) in [5.41, 5.74) is 18.0. The number of carbonyl (C=O) groups excluding carboxylic acids is 5. The van der Waals surface area contributed by atoms with E-state index < -0.39 is 47.8 Å². The smallest absolute Gasteiger partial charge is 0.248 e. The molecule has 0 aromatic heterocycles. The van der Waals surface area contributed by atoms with Crippen molar-refractivity contribution in [2.24, 2.45) is 28.1 Å². The minimum absolute atomic E-state index is 0.0858. The van der Waals surface area contributed by atoms with Gasteiger partial charge in [0.2, 0.25) is 29.5 Å². The summed E-state index contributed by atoms with van der Waals surface area (Å²) in [5.74, 6) is -1.63. The Morgan fingerprint density at radius 3 is 2.31 bits per heavy atom. The molecule has 1 aliphatic heterocycles. The Morgan fingerprint density at radius 1 is 0.956 bits per heavy atom. The zero-order valence-electron chi connectivity index (χ0n) is 26.3. The fourth-order valence-electron chi connectivity index (χ4n) is 6.11. The predicted octanol–water partition coefficient (Wildman–Crippen LogP) is 0.807. The van der Waals surface area contributed by atoms with E-state index in [1.54, 1.807) is 12.1 Å². The lowest BCUT2D eigenvalue weighted by atomic mass is 9.84. The maximum absolute atomic E-state index is 14.3. The van der Waals surface area contributed by atoms with Gasteiger partial charge in [0.15, 0.2) is 5.96 Å². The van der Waals surface area contributed by atoms with Gasteiger partial charge in [0.05, 0.1) is 0 Å². The molecule has 45 heavy (non-hydrogen) atoms. The second-order valence-electron chi connectivity index (χ2n) is 11.8. The zero-order chi connectivity index (χ0) is 32.9. The Bertz CT molecular complexity index is 1230. The maximum Gasteiger partial charge on any atom is 0.248 e. The van der Waals surface area contributed by atoms with Crippen LogP contribution < -0.4 is 33.2 Å². The highest BCUT2D eigenvalue weighted by atomic mass is 32.2. The topological polar surface area (TPSA) is 215 Å². The van der Waals surface area contributed by atoms with E-state index in [0.29, 0.717) is 36.5 Å². The molecule has 3 rings (SSSR count). The molecule has 0 saturated heterocycles. The summed E-state index contributed by atoms with van der Waals surface area (Å²) in [5, 5.41) is 8.41. The first-order chi connectivity index (χ1) is 21.5. The number of benzene rings is 1. The molecule has 0 radical (unpaired) electrons. The van der Waals surface area contributed by atoms with E-state index in [2.05, 4.69) is 20.9 Å². The molecule has 1 aromatic carbocycles. The van der Waals surface area contributed by atoms with Crippen LogP contribution in [0.2, 0.25) is 0 Å². The van der Waals surface area contributed by atoms with Crippen LogP contribution in [0, 0.1) is 5.92 Å². The van der Waals surface area contributed by atoms with Crippen LogP contribution >= 0.6 is 11.8 Å². The van der Waals surface area contributed by atoms with E-state index in [4.69, 9.17) is 17.2 Å². The lowest BCUT2D eigenvalue weighted by molar-refractivity contribution is -0.144. The number of nitrogens with two attached hydrogens (primary N) is 3. The van der Waals surface area contributed by atoms with Crippen molar-refractivity contribution in [1.82, 2.24) is 20.9 Å².